The molecule has 0 saturated heterocycles. The van der Waals surface area contributed by atoms with Crippen molar-refractivity contribution in [3.8, 4) is 0 Å². The third kappa shape index (κ3) is 6.02. The van der Waals surface area contributed by atoms with Crippen LogP contribution >= 0.6 is 11.8 Å². The SMILES string of the molecule is CCCOCCSC(C)(C)[C@H](N)C(=O)O. The van der Waals surface area contributed by atoms with Gasteiger partial charge in [0, 0.05) is 17.1 Å². The van der Waals surface area contributed by atoms with Crippen LogP contribution in [0.5, 0.6) is 0 Å². The number of carboxylic acids is 1. The van der Waals surface area contributed by atoms with Crippen molar-refractivity contribution in [2.24, 2.45) is 5.73 Å². The van der Waals surface area contributed by atoms with E-state index in [-0.39, 0.29) is 0 Å². The summed E-state index contributed by atoms with van der Waals surface area (Å²) in [5.41, 5.74) is 5.57. The Kier molecular flexibility index (Phi) is 6.96. The normalized spacial score (nSPS) is 13.9. The van der Waals surface area contributed by atoms with E-state index >= 15 is 0 Å². The van der Waals surface area contributed by atoms with E-state index in [2.05, 4.69) is 6.92 Å². The van der Waals surface area contributed by atoms with Crippen molar-refractivity contribution in [2.45, 2.75) is 38.0 Å². The van der Waals surface area contributed by atoms with Crippen LogP contribution in [0.15, 0.2) is 0 Å². The molecule has 0 aromatic heterocycles. The van der Waals surface area contributed by atoms with E-state index in [1.807, 2.05) is 13.8 Å². The second-order valence-corrected chi connectivity index (χ2v) is 5.63. The van der Waals surface area contributed by atoms with Crippen LogP contribution in [0.1, 0.15) is 27.2 Å². The molecular formula is C10H21NO3S. The summed E-state index contributed by atoms with van der Waals surface area (Å²) in [6, 6.07) is -0.839. The largest absolute Gasteiger partial charge is 0.480 e. The molecule has 15 heavy (non-hydrogen) atoms. The van der Waals surface area contributed by atoms with Crippen LogP contribution in [0.25, 0.3) is 0 Å². The molecule has 0 unspecified atom stereocenters. The molecule has 4 nitrogen and oxygen atoms in total. The Morgan fingerprint density at radius 1 is 1.53 bits per heavy atom. The van der Waals surface area contributed by atoms with E-state index in [1.165, 1.54) is 11.8 Å². The first kappa shape index (κ1) is 14.7. The highest BCUT2D eigenvalue weighted by atomic mass is 32.2. The highest BCUT2D eigenvalue weighted by Crippen LogP contribution is 2.27. The van der Waals surface area contributed by atoms with Gasteiger partial charge < -0.3 is 15.6 Å². The van der Waals surface area contributed by atoms with Crippen molar-refractivity contribution in [3.05, 3.63) is 0 Å². The molecule has 0 rings (SSSR count). The topological polar surface area (TPSA) is 72.5 Å². The third-order valence-electron chi connectivity index (χ3n) is 2.07. The molecule has 0 saturated carbocycles. The van der Waals surface area contributed by atoms with Crippen LogP contribution in [0.2, 0.25) is 0 Å². The summed E-state index contributed by atoms with van der Waals surface area (Å²) in [5, 5.41) is 8.79. The van der Waals surface area contributed by atoms with Crippen LogP contribution in [-0.4, -0.2) is 40.8 Å². The maximum atomic E-state index is 10.7. The van der Waals surface area contributed by atoms with Crippen molar-refractivity contribution < 1.29 is 14.6 Å². The zero-order valence-corrected chi connectivity index (χ0v) is 10.5. The van der Waals surface area contributed by atoms with E-state index < -0.39 is 16.8 Å². The first-order valence-electron chi connectivity index (χ1n) is 5.12. The zero-order chi connectivity index (χ0) is 11.9. The molecule has 90 valence electrons. The number of hydrogen-bond donors (Lipinski definition) is 2. The Morgan fingerprint density at radius 2 is 2.13 bits per heavy atom. The minimum atomic E-state index is -0.957. The van der Waals surface area contributed by atoms with E-state index in [0.717, 1.165) is 18.8 Å². The third-order valence-corrected chi connectivity index (χ3v) is 3.43. The van der Waals surface area contributed by atoms with Gasteiger partial charge in [0.2, 0.25) is 0 Å². The Balaban J connectivity index is 3.78. The molecule has 5 heteroatoms. The summed E-state index contributed by atoms with van der Waals surface area (Å²) in [6.07, 6.45) is 1.00. The summed E-state index contributed by atoms with van der Waals surface area (Å²) in [4.78, 5) is 10.7. The Labute approximate surface area is 95.6 Å². The molecule has 3 N–H and O–H groups in total. The number of aliphatic carboxylic acids is 1. The second kappa shape index (κ2) is 7.09. The number of ether oxygens (including phenoxy) is 1. The van der Waals surface area contributed by atoms with Gasteiger partial charge in [-0.15, -0.1) is 0 Å². The van der Waals surface area contributed by atoms with Gasteiger partial charge in [0.1, 0.15) is 6.04 Å². The van der Waals surface area contributed by atoms with Gasteiger partial charge in [-0.25, -0.2) is 0 Å². The van der Waals surface area contributed by atoms with Crippen molar-refractivity contribution in [1.29, 1.82) is 0 Å². The van der Waals surface area contributed by atoms with Crippen LogP contribution < -0.4 is 5.73 Å². The van der Waals surface area contributed by atoms with Crippen molar-refractivity contribution in [2.75, 3.05) is 19.0 Å². The molecule has 0 aromatic rings. The van der Waals surface area contributed by atoms with Gasteiger partial charge in [-0.1, -0.05) is 6.92 Å². The zero-order valence-electron chi connectivity index (χ0n) is 9.66. The summed E-state index contributed by atoms with van der Waals surface area (Å²) < 4.78 is 4.85. The number of thioether (sulfide) groups is 1. The van der Waals surface area contributed by atoms with Crippen LogP contribution in [0.4, 0.5) is 0 Å². The van der Waals surface area contributed by atoms with E-state index in [4.69, 9.17) is 15.6 Å². The molecule has 0 spiro atoms. The van der Waals surface area contributed by atoms with Crippen LogP contribution in [0.3, 0.4) is 0 Å². The maximum Gasteiger partial charge on any atom is 0.321 e. The van der Waals surface area contributed by atoms with Crippen molar-refractivity contribution >= 4 is 17.7 Å². The average molecular weight is 235 g/mol. The lowest BCUT2D eigenvalue weighted by molar-refractivity contribution is -0.139. The summed E-state index contributed by atoms with van der Waals surface area (Å²) in [6.45, 7) is 7.14. The van der Waals surface area contributed by atoms with Crippen molar-refractivity contribution in [1.82, 2.24) is 0 Å². The van der Waals surface area contributed by atoms with Gasteiger partial charge in [-0.2, -0.15) is 11.8 Å². The highest BCUT2D eigenvalue weighted by Gasteiger charge is 2.32. The molecular weight excluding hydrogens is 214 g/mol. The molecule has 0 aliphatic carbocycles. The highest BCUT2D eigenvalue weighted by molar-refractivity contribution is 8.00. The molecule has 0 bridgehead atoms. The summed E-state index contributed by atoms with van der Waals surface area (Å²) in [7, 11) is 0. The standard InChI is InChI=1S/C10H21NO3S/c1-4-5-14-6-7-15-10(2,3)8(11)9(12)13/h8H,4-7,11H2,1-3H3,(H,12,13)/t8-/m1/s1. The fourth-order valence-corrected chi connectivity index (χ4v) is 2.00. The molecule has 0 aromatic carbocycles. The monoisotopic (exact) mass is 235 g/mol. The maximum absolute atomic E-state index is 10.7. The number of hydrogen-bond acceptors (Lipinski definition) is 4. The molecule has 0 aliphatic heterocycles. The quantitative estimate of drug-likeness (QED) is 0.621. The fourth-order valence-electron chi connectivity index (χ4n) is 0.997. The molecule has 0 radical (unpaired) electrons. The number of carboxylic acid groups (broad SMARTS) is 1. The number of carbonyl (C=O) groups is 1. The predicted molar refractivity (Wildman–Crippen MR) is 63.3 cm³/mol. The smallest absolute Gasteiger partial charge is 0.321 e. The Hall–Kier alpha value is -0.260. The lowest BCUT2D eigenvalue weighted by Crippen LogP contribution is -2.47. The van der Waals surface area contributed by atoms with E-state index in [1.54, 1.807) is 0 Å². The molecule has 0 heterocycles. The lowest BCUT2D eigenvalue weighted by Gasteiger charge is -2.27. The predicted octanol–water partition coefficient (Wildman–Crippen LogP) is 1.34. The van der Waals surface area contributed by atoms with Gasteiger partial charge in [-0.3, -0.25) is 4.79 Å². The van der Waals surface area contributed by atoms with Crippen molar-refractivity contribution in [3.63, 3.8) is 0 Å². The summed E-state index contributed by atoms with van der Waals surface area (Å²) in [5.74, 6) is -0.185. The van der Waals surface area contributed by atoms with Gasteiger partial charge in [-0.05, 0) is 20.3 Å². The molecule has 0 aliphatic rings. The second-order valence-electron chi connectivity index (χ2n) is 3.88. The van der Waals surface area contributed by atoms with E-state index in [9.17, 15) is 4.79 Å². The molecule has 1 atom stereocenters. The number of rotatable bonds is 8. The van der Waals surface area contributed by atoms with Gasteiger partial charge in [0.15, 0.2) is 0 Å². The first-order chi connectivity index (χ1) is 6.91. The van der Waals surface area contributed by atoms with E-state index in [0.29, 0.717) is 6.61 Å². The lowest BCUT2D eigenvalue weighted by atomic mass is 10.1. The van der Waals surface area contributed by atoms with Crippen LogP contribution in [-0.2, 0) is 9.53 Å². The first-order valence-corrected chi connectivity index (χ1v) is 6.10. The average Bonchev–Trinajstić information content (AvgIpc) is 2.16. The fraction of sp³-hybridized carbons (Fsp3) is 0.900. The minimum absolute atomic E-state index is 0.457. The Bertz CT molecular complexity index is 197. The Morgan fingerprint density at radius 3 is 2.60 bits per heavy atom. The van der Waals surface area contributed by atoms with Gasteiger partial charge in [0.05, 0.1) is 6.61 Å². The molecule has 0 fully saturated rings. The van der Waals surface area contributed by atoms with Gasteiger partial charge in [0.25, 0.3) is 0 Å². The number of nitrogens with two attached hydrogens (primary N) is 1. The minimum Gasteiger partial charge on any atom is -0.480 e. The summed E-state index contributed by atoms with van der Waals surface area (Å²) >= 11 is 1.53. The molecule has 0 amide bonds. The van der Waals surface area contributed by atoms with Crippen LogP contribution in [0, 0.1) is 0 Å². The van der Waals surface area contributed by atoms with Gasteiger partial charge >= 0.3 is 5.97 Å².